The Morgan fingerprint density at radius 1 is 1.06 bits per heavy atom. The number of nitrogens with one attached hydrogen (secondary N) is 1. The van der Waals surface area contributed by atoms with Crippen molar-refractivity contribution >= 4 is 33.2 Å². The van der Waals surface area contributed by atoms with Crippen molar-refractivity contribution in [3.63, 3.8) is 0 Å². The lowest BCUT2D eigenvalue weighted by atomic mass is 10.1. The molecule has 0 saturated carbocycles. The molecule has 3 rings (SSSR count). The molecule has 0 fully saturated rings. The second kappa shape index (κ2) is 10.7. The van der Waals surface area contributed by atoms with Crippen LogP contribution in [0.25, 0.3) is 0 Å². The Morgan fingerprint density at radius 2 is 1.71 bits per heavy atom. The van der Waals surface area contributed by atoms with Gasteiger partial charge in [0.25, 0.3) is 5.91 Å². The zero-order valence-electron chi connectivity index (χ0n) is 18.8. The lowest BCUT2D eigenvalue weighted by molar-refractivity contribution is -0.136. The van der Waals surface area contributed by atoms with Crippen LogP contribution in [-0.4, -0.2) is 32.3 Å². The van der Waals surface area contributed by atoms with Gasteiger partial charge in [0.05, 0.1) is 22.8 Å². The number of benzene rings is 3. The normalized spacial score (nSPS) is 12.0. The Labute approximate surface area is 206 Å². The standard InChI is InChI=1S/C24H22ClF3N2O4S/c1-3-34-22-13-8-16(23(31)29-21-7-5-4-6-20(21)24(26,27)28)14-17(22)15-30(2)35(32,33)19-11-9-18(25)10-12-19/h4-14H,3,15H2,1-2H3,(H,29,31). The first-order valence-corrected chi connectivity index (χ1v) is 12.2. The summed E-state index contributed by atoms with van der Waals surface area (Å²) >= 11 is 5.84. The van der Waals surface area contributed by atoms with Crippen molar-refractivity contribution in [1.29, 1.82) is 0 Å². The summed E-state index contributed by atoms with van der Waals surface area (Å²) in [4.78, 5) is 12.8. The average Bonchev–Trinajstić information content (AvgIpc) is 2.80. The maximum atomic E-state index is 13.3. The Hall–Kier alpha value is -3.08. The monoisotopic (exact) mass is 526 g/mol. The summed E-state index contributed by atoms with van der Waals surface area (Å²) < 4.78 is 72.4. The van der Waals surface area contributed by atoms with E-state index in [1.807, 2.05) is 0 Å². The van der Waals surface area contributed by atoms with Crippen LogP contribution in [0.4, 0.5) is 18.9 Å². The van der Waals surface area contributed by atoms with E-state index >= 15 is 0 Å². The van der Waals surface area contributed by atoms with Crippen molar-refractivity contribution in [1.82, 2.24) is 4.31 Å². The van der Waals surface area contributed by atoms with Crippen LogP contribution in [0.2, 0.25) is 5.02 Å². The van der Waals surface area contributed by atoms with E-state index in [2.05, 4.69) is 5.32 Å². The second-order valence-corrected chi connectivity index (χ2v) is 9.95. The van der Waals surface area contributed by atoms with E-state index in [4.69, 9.17) is 16.3 Å². The number of ether oxygens (including phenoxy) is 1. The van der Waals surface area contributed by atoms with Crippen LogP contribution in [0.1, 0.15) is 28.4 Å². The van der Waals surface area contributed by atoms with E-state index in [9.17, 15) is 26.4 Å². The van der Waals surface area contributed by atoms with Gasteiger partial charge in [-0.15, -0.1) is 0 Å². The Bertz CT molecular complexity index is 1310. The molecule has 0 radical (unpaired) electrons. The van der Waals surface area contributed by atoms with Gasteiger partial charge < -0.3 is 10.1 Å². The number of sulfonamides is 1. The molecule has 0 unspecified atom stereocenters. The minimum Gasteiger partial charge on any atom is -0.494 e. The predicted molar refractivity (Wildman–Crippen MR) is 127 cm³/mol. The lowest BCUT2D eigenvalue weighted by Crippen LogP contribution is -2.27. The first-order valence-electron chi connectivity index (χ1n) is 10.4. The van der Waals surface area contributed by atoms with Crippen LogP contribution in [0.5, 0.6) is 5.75 Å². The topological polar surface area (TPSA) is 75.7 Å². The highest BCUT2D eigenvalue weighted by molar-refractivity contribution is 7.89. The number of rotatable bonds is 8. The summed E-state index contributed by atoms with van der Waals surface area (Å²) in [5.74, 6) is -0.438. The summed E-state index contributed by atoms with van der Waals surface area (Å²) in [5.41, 5.74) is -0.961. The predicted octanol–water partition coefficient (Wildman–Crippen LogP) is 5.83. The molecule has 3 aromatic rings. The molecule has 0 saturated heterocycles. The zero-order valence-corrected chi connectivity index (χ0v) is 20.3. The molecule has 11 heteroatoms. The number of nitrogens with zero attached hydrogens (tertiary/aromatic N) is 1. The number of carbonyl (C=O) groups is 1. The van der Waals surface area contributed by atoms with Gasteiger partial charge in [0.2, 0.25) is 10.0 Å². The van der Waals surface area contributed by atoms with E-state index in [0.717, 1.165) is 16.4 Å². The lowest BCUT2D eigenvalue weighted by Gasteiger charge is -2.20. The molecule has 0 spiro atoms. The van der Waals surface area contributed by atoms with Crippen molar-refractivity contribution in [2.45, 2.75) is 24.5 Å². The minimum absolute atomic E-state index is 0.0278. The fraction of sp³-hybridized carbons (Fsp3) is 0.208. The van der Waals surface area contributed by atoms with Gasteiger partial charge in [-0.05, 0) is 61.5 Å². The number of amides is 1. The summed E-state index contributed by atoms with van der Waals surface area (Å²) in [6, 6.07) is 14.6. The first kappa shape index (κ1) is 26.5. The van der Waals surface area contributed by atoms with E-state index in [-0.39, 0.29) is 29.3 Å². The van der Waals surface area contributed by atoms with Crippen molar-refractivity contribution in [2.24, 2.45) is 0 Å². The fourth-order valence-electron chi connectivity index (χ4n) is 3.29. The zero-order chi connectivity index (χ0) is 25.8. The fourth-order valence-corrected chi connectivity index (χ4v) is 4.56. The number of halogens is 4. The van der Waals surface area contributed by atoms with Crippen molar-refractivity contribution in [2.75, 3.05) is 19.0 Å². The number of anilines is 1. The highest BCUT2D eigenvalue weighted by Gasteiger charge is 2.33. The van der Waals surface area contributed by atoms with Gasteiger partial charge >= 0.3 is 6.18 Å². The van der Waals surface area contributed by atoms with Gasteiger partial charge in [0, 0.05) is 29.7 Å². The molecule has 0 bridgehead atoms. The van der Waals surface area contributed by atoms with Crippen LogP contribution < -0.4 is 10.1 Å². The number of hydrogen-bond donors (Lipinski definition) is 1. The largest absolute Gasteiger partial charge is 0.494 e. The van der Waals surface area contributed by atoms with Gasteiger partial charge in [0.1, 0.15) is 5.75 Å². The number of hydrogen-bond acceptors (Lipinski definition) is 4. The molecule has 6 nitrogen and oxygen atoms in total. The first-order chi connectivity index (χ1) is 16.4. The van der Waals surface area contributed by atoms with Crippen molar-refractivity contribution in [3.8, 4) is 5.75 Å². The van der Waals surface area contributed by atoms with E-state index < -0.39 is 27.7 Å². The van der Waals surface area contributed by atoms with E-state index in [1.54, 1.807) is 6.92 Å². The molecule has 0 aliphatic carbocycles. The maximum absolute atomic E-state index is 13.3. The molecular formula is C24H22ClF3N2O4S. The highest BCUT2D eigenvalue weighted by Crippen LogP contribution is 2.35. The molecule has 0 atom stereocenters. The number of alkyl halides is 3. The van der Waals surface area contributed by atoms with E-state index in [0.29, 0.717) is 16.3 Å². The molecular weight excluding hydrogens is 505 g/mol. The molecule has 1 N–H and O–H groups in total. The van der Waals surface area contributed by atoms with Crippen LogP contribution in [0.3, 0.4) is 0 Å². The van der Waals surface area contributed by atoms with Crippen molar-refractivity contribution in [3.05, 3.63) is 88.4 Å². The van der Waals surface area contributed by atoms with Crippen molar-refractivity contribution < 1.29 is 31.1 Å². The summed E-state index contributed by atoms with van der Waals surface area (Å²) in [6.45, 7) is 1.87. The summed E-state index contributed by atoms with van der Waals surface area (Å²) in [6.07, 6.45) is -4.65. The van der Waals surface area contributed by atoms with Gasteiger partial charge in [-0.3, -0.25) is 4.79 Å². The third-order valence-corrected chi connectivity index (χ3v) is 7.09. The average molecular weight is 527 g/mol. The third kappa shape index (κ3) is 6.33. The highest BCUT2D eigenvalue weighted by atomic mass is 35.5. The summed E-state index contributed by atoms with van der Waals surface area (Å²) in [7, 11) is -2.53. The van der Waals surface area contributed by atoms with Crippen LogP contribution in [-0.2, 0) is 22.7 Å². The SMILES string of the molecule is CCOc1ccc(C(=O)Nc2ccccc2C(F)(F)F)cc1CN(C)S(=O)(=O)c1ccc(Cl)cc1. The molecule has 186 valence electrons. The molecule has 35 heavy (non-hydrogen) atoms. The Balaban J connectivity index is 1.90. The molecule has 0 aromatic heterocycles. The maximum Gasteiger partial charge on any atom is 0.418 e. The molecule has 1 amide bonds. The number of carbonyl (C=O) groups excluding carboxylic acids is 1. The third-order valence-electron chi connectivity index (χ3n) is 5.02. The quantitative estimate of drug-likeness (QED) is 0.401. The second-order valence-electron chi connectivity index (χ2n) is 7.47. The van der Waals surface area contributed by atoms with Crippen LogP contribution in [0, 0.1) is 0 Å². The molecule has 0 heterocycles. The Morgan fingerprint density at radius 3 is 2.34 bits per heavy atom. The van der Waals surface area contributed by atoms with Gasteiger partial charge in [-0.2, -0.15) is 17.5 Å². The van der Waals surface area contributed by atoms with Gasteiger partial charge in [0.15, 0.2) is 0 Å². The van der Waals surface area contributed by atoms with Gasteiger partial charge in [-0.25, -0.2) is 8.42 Å². The Kier molecular flexibility index (Phi) is 8.09. The summed E-state index contributed by atoms with van der Waals surface area (Å²) in [5, 5.41) is 2.67. The van der Waals surface area contributed by atoms with Crippen LogP contribution >= 0.6 is 11.6 Å². The molecule has 0 aliphatic rings. The molecule has 3 aromatic carbocycles. The minimum atomic E-state index is -4.65. The van der Waals surface area contributed by atoms with Gasteiger partial charge in [-0.1, -0.05) is 23.7 Å². The molecule has 0 aliphatic heterocycles. The van der Waals surface area contributed by atoms with Crippen LogP contribution in [0.15, 0.2) is 71.6 Å². The van der Waals surface area contributed by atoms with E-state index in [1.165, 1.54) is 61.6 Å². The smallest absolute Gasteiger partial charge is 0.418 e. The number of para-hydroxylation sites is 1.